The van der Waals surface area contributed by atoms with E-state index in [0.29, 0.717) is 28.9 Å². The van der Waals surface area contributed by atoms with Gasteiger partial charge in [-0.3, -0.25) is 9.48 Å². The van der Waals surface area contributed by atoms with Crippen molar-refractivity contribution < 1.29 is 19.2 Å². The lowest BCUT2D eigenvalue weighted by Gasteiger charge is -2.30. The maximum absolute atomic E-state index is 12.5. The molecule has 0 aromatic carbocycles. The van der Waals surface area contributed by atoms with E-state index in [9.17, 15) is 14.7 Å². The Morgan fingerprint density at radius 3 is 2.73 bits per heavy atom. The summed E-state index contributed by atoms with van der Waals surface area (Å²) in [7, 11) is 0. The summed E-state index contributed by atoms with van der Waals surface area (Å²) >= 11 is 7.29. The minimum absolute atomic E-state index is 0.130. The summed E-state index contributed by atoms with van der Waals surface area (Å²) in [6.07, 6.45) is 0.946. The van der Waals surface area contributed by atoms with Gasteiger partial charge < -0.3 is 14.5 Å². The van der Waals surface area contributed by atoms with E-state index >= 15 is 0 Å². The van der Waals surface area contributed by atoms with Gasteiger partial charge in [-0.05, 0) is 18.6 Å². The van der Waals surface area contributed by atoms with E-state index in [1.54, 1.807) is 17.0 Å². The fourth-order valence-electron chi connectivity index (χ4n) is 2.60. The zero-order valence-electron chi connectivity index (χ0n) is 13.4. The largest absolute Gasteiger partial charge is 0.476 e. The summed E-state index contributed by atoms with van der Waals surface area (Å²) in [5.41, 5.74) is 0.579. The molecule has 134 valence electrons. The molecule has 8 nitrogen and oxygen atoms in total. The molecule has 4 rings (SSSR count). The molecule has 0 spiro atoms. The Labute approximate surface area is 156 Å². The van der Waals surface area contributed by atoms with E-state index < -0.39 is 5.97 Å². The first-order valence-electron chi connectivity index (χ1n) is 7.83. The van der Waals surface area contributed by atoms with Crippen molar-refractivity contribution in [1.29, 1.82) is 0 Å². The van der Waals surface area contributed by atoms with Crippen LogP contribution >= 0.6 is 22.9 Å². The van der Waals surface area contributed by atoms with Crippen LogP contribution < -0.4 is 0 Å². The summed E-state index contributed by atoms with van der Waals surface area (Å²) in [6.45, 7) is 1.46. The average molecular weight is 393 g/mol. The second kappa shape index (κ2) is 6.58. The molecule has 3 aromatic heterocycles. The molecule has 1 amide bonds. The van der Waals surface area contributed by atoms with Crippen LogP contribution in [0.4, 0.5) is 0 Å². The second-order valence-electron chi connectivity index (χ2n) is 5.81. The number of likely N-dealkylation sites (tertiary alicyclic amines) is 1. The predicted molar refractivity (Wildman–Crippen MR) is 93.6 cm³/mol. The highest BCUT2D eigenvalue weighted by Crippen LogP contribution is 2.31. The van der Waals surface area contributed by atoms with Crippen molar-refractivity contribution in [2.24, 2.45) is 0 Å². The van der Waals surface area contributed by atoms with E-state index in [4.69, 9.17) is 16.1 Å². The van der Waals surface area contributed by atoms with Crippen molar-refractivity contribution in [3.05, 3.63) is 45.7 Å². The number of halogens is 1. The van der Waals surface area contributed by atoms with Crippen molar-refractivity contribution in [3.8, 4) is 10.6 Å². The Bertz CT molecular complexity index is 988. The fraction of sp³-hybridized carbons (Fsp3) is 0.250. The highest BCUT2D eigenvalue weighted by Gasteiger charge is 2.27. The first-order chi connectivity index (χ1) is 12.5. The van der Waals surface area contributed by atoms with Gasteiger partial charge in [0.1, 0.15) is 11.4 Å². The molecule has 0 saturated carbocycles. The molecule has 26 heavy (non-hydrogen) atoms. The first kappa shape index (κ1) is 16.8. The van der Waals surface area contributed by atoms with Gasteiger partial charge in [0.05, 0.1) is 15.8 Å². The summed E-state index contributed by atoms with van der Waals surface area (Å²) < 4.78 is 7.31. The molecule has 0 atom stereocenters. The minimum atomic E-state index is -1.18. The zero-order valence-corrected chi connectivity index (χ0v) is 15.0. The van der Waals surface area contributed by atoms with E-state index in [2.05, 4.69) is 10.3 Å². The van der Waals surface area contributed by atoms with Crippen LogP contribution in [0.5, 0.6) is 0 Å². The third-order valence-electron chi connectivity index (χ3n) is 4.05. The van der Waals surface area contributed by atoms with Crippen LogP contribution in [0.25, 0.3) is 10.6 Å². The normalized spacial score (nSPS) is 13.7. The van der Waals surface area contributed by atoms with Crippen LogP contribution in [0.3, 0.4) is 0 Å². The van der Waals surface area contributed by atoms with Gasteiger partial charge in [-0.15, -0.1) is 11.3 Å². The van der Waals surface area contributed by atoms with Gasteiger partial charge in [0.25, 0.3) is 5.91 Å². The number of carboxylic acids is 1. The molecule has 4 heterocycles. The summed E-state index contributed by atoms with van der Waals surface area (Å²) in [6, 6.07) is 6.61. The SMILES string of the molecule is O=C(O)c1cc(C(=O)N2CCC2)n(Cc2cc(-c3ccc(Cl)s3)on2)n1. The molecule has 0 unspecified atom stereocenters. The number of aromatic nitrogens is 3. The smallest absolute Gasteiger partial charge is 0.356 e. The quantitative estimate of drug-likeness (QED) is 0.716. The minimum Gasteiger partial charge on any atom is -0.476 e. The molecule has 1 N–H and O–H groups in total. The Balaban J connectivity index is 1.62. The Kier molecular flexibility index (Phi) is 4.25. The Hall–Kier alpha value is -2.65. The Morgan fingerprint density at radius 1 is 1.31 bits per heavy atom. The summed E-state index contributed by atoms with van der Waals surface area (Å²) in [5, 5.41) is 17.2. The molecule has 1 saturated heterocycles. The van der Waals surface area contributed by atoms with E-state index in [1.807, 2.05) is 6.07 Å². The van der Waals surface area contributed by atoms with Crippen LogP contribution in [0.1, 0.15) is 33.1 Å². The molecule has 0 bridgehead atoms. The number of carbonyl (C=O) groups is 2. The highest BCUT2D eigenvalue weighted by molar-refractivity contribution is 7.19. The molecule has 1 aliphatic heterocycles. The standard InChI is InChI=1S/C16H13ClN4O4S/c17-14-3-2-13(26-14)12-6-9(19-25-12)8-21-11(7-10(18-21)16(23)24)15(22)20-4-1-5-20/h2-3,6-7H,1,4-5,8H2,(H,23,24). The third-order valence-corrected chi connectivity index (χ3v) is 5.29. The number of nitrogens with zero attached hydrogens (tertiary/aromatic N) is 4. The van der Waals surface area contributed by atoms with Gasteiger partial charge in [0.15, 0.2) is 11.5 Å². The highest BCUT2D eigenvalue weighted by atomic mass is 35.5. The Morgan fingerprint density at radius 2 is 2.12 bits per heavy atom. The first-order valence-corrected chi connectivity index (χ1v) is 9.02. The van der Waals surface area contributed by atoms with Crippen molar-refractivity contribution in [2.45, 2.75) is 13.0 Å². The van der Waals surface area contributed by atoms with Crippen LogP contribution in [0.2, 0.25) is 4.34 Å². The molecular weight excluding hydrogens is 380 g/mol. The van der Waals surface area contributed by atoms with Crippen LogP contribution in [-0.2, 0) is 6.54 Å². The lowest BCUT2D eigenvalue weighted by Crippen LogP contribution is -2.42. The second-order valence-corrected chi connectivity index (χ2v) is 7.52. The molecule has 3 aromatic rings. The van der Waals surface area contributed by atoms with Crippen molar-refractivity contribution in [1.82, 2.24) is 19.8 Å². The van der Waals surface area contributed by atoms with Crippen molar-refractivity contribution in [2.75, 3.05) is 13.1 Å². The topological polar surface area (TPSA) is 101 Å². The number of amides is 1. The number of carbonyl (C=O) groups excluding carboxylic acids is 1. The van der Waals surface area contributed by atoms with Gasteiger partial charge >= 0.3 is 5.97 Å². The van der Waals surface area contributed by atoms with Gasteiger partial charge in [-0.2, -0.15) is 5.10 Å². The monoisotopic (exact) mass is 392 g/mol. The van der Waals surface area contributed by atoms with Crippen molar-refractivity contribution >= 4 is 34.8 Å². The van der Waals surface area contributed by atoms with Crippen LogP contribution in [0, 0.1) is 0 Å². The van der Waals surface area contributed by atoms with Crippen molar-refractivity contribution in [3.63, 3.8) is 0 Å². The van der Waals surface area contributed by atoms with E-state index in [1.165, 1.54) is 22.1 Å². The number of aromatic carboxylic acids is 1. The van der Waals surface area contributed by atoms with Crippen LogP contribution in [0.15, 0.2) is 28.8 Å². The maximum Gasteiger partial charge on any atom is 0.356 e. The van der Waals surface area contributed by atoms with Crippen LogP contribution in [-0.4, -0.2) is 49.9 Å². The summed E-state index contributed by atoms with van der Waals surface area (Å²) in [4.78, 5) is 26.2. The molecule has 1 aliphatic rings. The summed E-state index contributed by atoms with van der Waals surface area (Å²) in [5.74, 6) is -0.862. The molecular formula is C16H13ClN4O4S. The van der Waals surface area contributed by atoms with Gasteiger partial charge in [0.2, 0.25) is 0 Å². The average Bonchev–Trinajstić information content (AvgIpc) is 3.25. The number of rotatable bonds is 5. The molecule has 0 aliphatic carbocycles. The number of hydrogen-bond acceptors (Lipinski definition) is 6. The lowest BCUT2D eigenvalue weighted by molar-refractivity contribution is 0.0638. The zero-order chi connectivity index (χ0) is 18.3. The molecule has 0 radical (unpaired) electrons. The molecule has 1 fully saturated rings. The number of hydrogen-bond donors (Lipinski definition) is 1. The number of carboxylic acid groups (broad SMARTS) is 1. The van der Waals surface area contributed by atoms with E-state index in [0.717, 1.165) is 11.3 Å². The van der Waals surface area contributed by atoms with Gasteiger partial charge in [-0.25, -0.2) is 4.79 Å². The third kappa shape index (κ3) is 3.11. The predicted octanol–water partition coefficient (Wildman–Crippen LogP) is 2.85. The molecule has 10 heteroatoms. The van der Waals surface area contributed by atoms with Gasteiger partial charge in [-0.1, -0.05) is 16.8 Å². The van der Waals surface area contributed by atoms with Gasteiger partial charge in [0, 0.05) is 25.2 Å². The lowest BCUT2D eigenvalue weighted by atomic mass is 10.2. The fourth-order valence-corrected chi connectivity index (χ4v) is 3.59. The number of thiophene rings is 1. The maximum atomic E-state index is 12.5. The van der Waals surface area contributed by atoms with E-state index in [-0.39, 0.29) is 23.8 Å².